The zero-order valence-electron chi connectivity index (χ0n) is 19.0. The van der Waals surface area contributed by atoms with Crippen molar-refractivity contribution in [3.05, 3.63) is 93.6 Å². The Bertz CT molecular complexity index is 1620. The first-order valence-electron chi connectivity index (χ1n) is 10.7. The first-order chi connectivity index (χ1) is 17.3. The van der Waals surface area contributed by atoms with Crippen LogP contribution >= 0.6 is 46.1 Å². The summed E-state index contributed by atoms with van der Waals surface area (Å²) in [6.45, 7) is 3.32. The van der Waals surface area contributed by atoms with Crippen molar-refractivity contribution >= 4 is 58.2 Å². The van der Waals surface area contributed by atoms with Crippen LogP contribution < -0.4 is 19.6 Å². The molecule has 1 aromatic heterocycles. The van der Waals surface area contributed by atoms with Gasteiger partial charge in [0.1, 0.15) is 17.9 Å². The molecule has 0 bridgehead atoms. The number of nitrogens with zero attached hydrogens (tertiary/aromatic N) is 3. The Kier molecular flexibility index (Phi) is 7.86. The summed E-state index contributed by atoms with van der Waals surface area (Å²) in [5.74, 6) is -0.355. The van der Waals surface area contributed by atoms with E-state index in [1.165, 1.54) is 10.6 Å². The van der Waals surface area contributed by atoms with Crippen molar-refractivity contribution in [1.29, 1.82) is 5.26 Å². The minimum atomic E-state index is -0.839. The molecule has 0 N–H and O–H groups in total. The van der Waals surface area contributed by atoms with E-state index >= 15 is 0 Å². The molecule has 1 atom stereocenters. The molecule has 1 aliphatic heterocycles. The summed E-state index contributed by atoms with van der Waals surface area (Å²) < 4.78 is 12.5. The lowest BCUT2D eigenvalue weighted by Crippen LogP contribution is -2.40. The van der Waals surface area contributed by atoms with Crippen molar-refractivity contribution < 1.29 is 14.3 Å². The number of ether oxygens (including phenoxy) is 2. The number of fused-ring (bicyclic) bond motifs is 1. The molecule has 184 valence electrons. The minimum Gasteiger partial charge on any atom is -0.477 e. The van der Waals surface area contributed by atoms with E-state index in [1.807, 2.05) is 6.07 Å². The third-order valence-corrected chi connectivity index (χ3v) is 7.15. The first kappa shape index (κ1) is 26.0. The number of aromatic nitrogens is 1. The minimum absolute atomic E-state index is 0.163. The van der Waals surface area contributed by atoms with Crippen molar-refractivity contribution in [1.82, 2.24) is 4.57 Å². The molecule has 0 radical (unpaired) electrons. The van der Waals surface area contributed by atoms with Crippen LogP contribution in [0.2, 0.25) is 15.1 Å². The number of rotatable bonds is 6. The van der Waals surface area contributed by atoms with Crippen LogP contribution in [0.25, 0.3) is 6.08 Å². The van der Waals surface area contributed by atoms with E-state index in [2.05, 4.69) is 4.99 Å². The molecule has 0 saturated carbocycles. The highest BCUT2D eigenvalue weighted by molar-refractivity contribution is 7.07. The lowest BCUT2D eigenvalue weighted by Gasteiger charge is -2.25. The van der Waals surface area contributed by atoms with Crippen LogP contribution in [0, 0.1) is 11.3 Å². The van der Waals surface area contributed by atoms with Crippen molar-refractivity contribution in [2.24, 2.45) is 4.99 Å². The number of allylic oxidation sites excluding steroid dienone is 1. The fourth-order valence-electron chi connectivity index (χ4n) is 3.87. The summed E-state index contributed by atoms with van der Waals surface area (Å²) in [6, 6.07) is 11.1. The number of halogens is 3. The van der Waals surface area contributed by atoms with Gasteiger partial charge in [0.25, 0.3) is 5.56 Å². The predicted molar refractivity (Wildman–Crippen MR) is 139 cm³/mol. The lowest BCUT2D eigenvalue weighted by atomic mass is 9.96. The van der Waals surface area contributed by atoms with Gasteiger partial charge in [0.05, 0.1) is 27.4 Å². The van der Waals surface area contributed by atoms with Gasteiger partial charge in [0.2, 0.25) is 0 Å². The Labute approximate surface area is 225 Å². The number of benzene rings is 2. The SMILES string of the molecule is CCOC(=O)C1=C(C)N=c2s/c(=C\c3cc(Cl)cc(Cl)c3OCC#N)c(=O)n2[C@H]1c1ccccc1Cl. The van der Waals surface area contributed by atoms with E-state index < -0.39 is 17.6 Å². The largest absolute Gasteiger partial charge is 0.477 e. The van der Waals surface area contributed by atoms with Crippen LogP contribution in [0.3, 0.4) is 0 Å². The number of hydrogen-bond donors (Lipinski definition) is 0. The Morgan fingerprint density at radius 2 is 2.00 bits per heavy atom. The summed E-state index contributed by atoms with van der Waals surface area (Å²) in [6.07, 6.45) is 1.57. The fraction of sp³-hybridized carbons (Fsp3) is 0.200. The normalized spacial score (nSPS) is 15.2. The number of thiazole rings is 1. The van der Waals surface area contributed by atoms with Crippen LogP contribution in [0.4, 0.5) is 0 Å². The fourth-order valence-corrected chi connectivity index (χ4v) is 5.71. The molecule has 11 heteroatoms. The van der Waals surface area contributed by atoms with Crippen LogP contribution in [0.15, 0.2) is 57.5 Å². The monoisotopic (exact) mass is 561 g/mol. The Morgan fingerprint density at radius 1 is 1.25 bits per heavy atom. The molecule has 0 unspecified atom stereocenters. The van der Waals surface area contributed by atoms with Crippen molar-refractivity contribution in [2.75, 3.05) is 13.2 Å². The summed E-state index contributed by atoms with van der Waals surface area (Å²) >= 11 is 20.1. The maximum Gasteiger partial charge on any atom is 0.338 e. The van der Waals surface area contributed by atoms with Crippen LogP contribution in [0.1, 0.15) is 31.0 Å². The number of nitriles is 1. The van der Waals surface area contributed by atoms with Gasteiger partial charge in [-0.15, -0.1) is 0 Å². The highest BCUT2D eigenvalue weighted by atomic mass is 35.5. The van der Waals surface area contributed by atoms with Crippen LogP contribution in [-0.4, -0.2) is 23.8 Å². The van der Waals surface area contributed by atoms with Crippen LogP contribution in [-0.2, 0) is 9.53 Å². The molecule has 2 aromatic carbocycles. The summed E-state index contributed by atoms with van der Waals surface area (Å²) in [7, 11) is 0. The van der Waals surface area contributed by atoms with E-state index in [9.17, 15) is 9.59 Å². The molecule has 2 heterocycles. The quantitative estimate of drug-likeness (QED) is 0.407. The Balaban J connectivity index is 1.99. The molecule has 0 saturated heterocycles. The second kappa shape index (κ2) is 10.9. The van der Waals surface area contributed by atoms with Crippen molar-refractivity contribution in [3.63, 3.8) is 0 Å². The van der Waals surface area contributed by atoms with E-state index in [1.54, 1.807) is 50.3 Å². The second-order valence-electron chi connectivity index (χ2n) is 7.58. The van der Waals surface area contributed by atoms with Crippen molar-refractivity contribution in [3.8, 4) is 11.8 Å². The molecular formula is C25H18Cl3N3O4S. The molecule has 7 nitrogen and oxygen atoms in total. The lowest BCUT2D eigenvalue weighted by molar-refractivity contribution is -0.139. The van der Waals surface area contributed by atoms with Gasteiger partial charge >= 0.3 is 5.97 Å². The molecule has 3 aromatic rings. The third kappa shape index (κ3) is 4.93. The first-order valence-corrected chi connectivity index (χ1v) is 12.6. The highest BCUT2D eigenvalue weighted by Crippen LogP contribution is 2.35. The molecule has 0 fully saturated rings. The molecule has 4 rings (SSSR count). The van der Waals surface area contributed by atoms with Gasteiger partial charge in [0.15, 0.2) is 11.4 Å². The molecule has 0 amide bonds. The van der Waals surface area contributed by atoms with Gasteiger partial charge in [-0.25, -0.2) is 9.79 Å². The Hall–Kier alpha value is -3.09. The van der Waals surface area contributed by atoms with E-state index in [0.717, 1.165) is 11.3 Å². The average Bonchev–Trinajstić information content (AvgIpc) is 3.12. The smallest absolute Gasteiger partial charge is 0.338 e. The second-order valence-corrected chi connectivity index (χ2v) is 9.84. The topological polar surface area (TPSA) is 93.7 Å². The summed E-state index contributed by atoms with van der Waals surface area (Å²) in [5.41, 5.74) is 1.24. The standard InChI is InChI=1S/C25H18Cl3N3O4S/c1-3-34-24(33)20-13(2)30-25-31(21(20)16-6-4-5-7-17(16)27)23(32)19(36-25)11-14-10-15(26)12-18(28)22(14)35-9-8-29/h4-7,10-12,21H,3,9H2,1-2H3/b19-11-/t21-/m0/s1. The maximum absolute atomic E-state index is 13.7. The van der Waals surface area contributed by atoms with Gasteiger partial charge < -0.3 is 9.47 Å². The number of carbonyl (C=O) groups excluding carboxylic acids is 1. The van der Waals surface area contributed by atoms with Gasteiger partial charge in [0, 0.05) is 15.6 Å². The summed E-state index contributed by atoms with van der Waals surface area (Å²) in [5, 5.41) is 9.85. The maximum atomic E-state index is 13.7. The van der Waals surface area contributed by atoms with E-state index in [0.29, 0.717) is 36.2 Å². The molecular weight excluding hydrogens is 545 g/mol. The number of hydrogen-bond acceptors (Lipinski definition) is 7. The van der Waals surface area contributed by atoms with Gasteiger partial charge in [-0.1, -0.05) is 64.3 Å². The zero-order valence-corrected chi connectivity index (χ0v) is 22.1. The Morgan fingerprint density at radius 3 is 2.69 bits per heavy atom. The zero-order chi connectivity index (χ0) is 26.0. The number of carbonyl (C=O) groups is 1. The predicted octanol–water partition coefficient (Wildman–Crippen LogP) is 4.66. The molecule has 36 heavy (non-hydrogen) atoms. The van der Waals surface area contributed by atoms with Crippen molar-refractivity contribution in [2.45, 2.75) is 19.9 Å². The molecule has 0 spiro atoms. The molecule has 0 aliphatic carbocycles. The summed E-state index contributed by atoms with van der Waals surface area (Å²) in [4.78, 5) is 31.6. The van der Waals surface area contributed by atoms with Gasteiger partial charge in [-0.3, -0.25) is 9.36 Å². The molecule has 1 aliphatic rings. The van der Waals surface area contributed by atoms with Gasteiger partial charge in [-0.2, -0.15) is 5.26 Å². The van der Waals surface area contributed by atoms with Crippen LogP contribution in [0.5, 0.6) is 5.75 Å². The van der Waals surface area contributed by atoms with Gasteiger partial charge in [-0.05, 0) is 43.7 Å². The van der Waals surface area contributed by atoms with E-state index in [-0.39, 0.29) is 29.6 Å². The van der Waals surface area contributed by atoms with E-state index in [4.69, 9.17) is 49.5 Å². The highest BCUT2D eigenvalue weighted by Gasteiger charge is 2.34. The average molecular weight is 563 g/mol. The number of esters is 1. The third-order valence-electron chi connectivity index (χ3n) is 5.32.